The molecule has 4 heteroatoms. The Morgan fingerprint density at radius 1 is 1.19 bits per heavy atom. The number of allylic oxidation sites excluding steroid dienone is 3. The number of aromatic nitrogens is 3. The Morgan fingerprint density at radius 3 is 2.35 bits per heavy atom. The molecule has 1 unspecified atom stereocenters. The van der Waals surface area contributed by atoms with Crippen LogP contribution in [0.15, 0.2) is 24.5 Å². The molecule has 0 N–H and O–H groups in total. The van der Waals surface area contributed by atoms with Crippen molar-refractivity contribution in [2.75, 3.05) is 6.61 Å². The highest BCUT2D eigenvalue weighted by atomic mass is 16.5. The molecular formula is C22H37N3O. The van der Waals surface area contributed by atoms with Gasteiger partial charge in [0.05, 0.1) is 18.9 Å². The molecule has 1 atom stereocenters. The Morgan fingerprint density at radius 2 is 1.81 bits per heavy atom. The van der Waals surface area contributed by atoms with Gasteiger partial charge in [0, 0.05) is 6.42 Å². The van der Waals surface area contributed by atoms with Crippen LogP contribution in [0.25, 0.3) is 12.2 Å². The average Bonchev–Trinajstić information content (AvgIpc) is 2.98. The minimum Gasteiger partial charge on any atom is -0.498 e. The lowest BCUT2D eigenvalue weighted by molar-refractivity contribution is 0.147. The largest absolute Gasteiger partial charge is 0.498 e. The van der Waals surface area contributed by atoms with Gasteiger partial charge in [-0.3, -0.25) is 0 Å². The van der Waals surface area contributed by atoms with Gasteiger partial charge in [-0.25, -0.2) is 0 Å². The highest BCUT2D eigenvalue weighted by molar-refractivity contribution is 5.61. The minimum atomic E-state index is 0.432. The van der Waals surface area contributed by atoms with E-state index in [-0.39, 0.29) is 0 Å². The maximum atomic E-state index is 5.86. The third kappa shape index (κ3) is 7.59. The number of fused-ring (bicyclic) bond motifs is 1. The summed E-state index contributed by atoms with van der Waals surface area (Å²) in [5.41, 5.74) is 1.88. The van der Waals surface area contributed by atoms with Gasteiger partial charge >= 0.3 is 0 Å². The van der Waals surface area contributed by atoms with Crippen LogP contribution in [-0.2, 0) is 11.3 Å². The first-order valence-corrected chi connectivity index (χ1v) is 10.2. The maximum absolute atomic E-state index is 5.86. The maximum Gasteiger partial charge on any atom is 0.112 e. The fourth-order valence-corrected chi connectivity index (χ4v) is 2.69. The van der Waals surface area contributed by atoms with Crippen LogP contribution in [0.5, 0.6) is 0 Å². The number of ether oxygens (including phenoxy) is 1. The van der Waals surface area contributed by atoms with E-state index in [0.29, 0.717) is 18.4 Å². The molecule has 1 aromatic heterocycles. The molecule has 4 nitrogen and oxygen atoms in total. The molecule has 0 amide bonds. The van der Waals surface area contributed by atoms with Crippen LogP contribution in [-0.4, -0.2) is 21.6 Å². The van der Waals surface area contributed by atoms with Crippen molar-refractivity contribution < 1.29 is 4.74 Å². The number of aryl methyl sites for hydroxylation is 1. The Hall–Kier alpha value is -1.84. The molecule has 0 aromatic carbocycles. The second-order valence-corrected chi connectivity index (χ2v) is 6.66. The van der Waals surface area contributed by atoms with Crippen molar-refractivity contribution in [1.82, 2.24) is 15.0 Å². The number of unbranched alkanes of at least 4 members (excludes halogenated alkanes) is 1. The van der Waals surface area contributed by atoms with Crippen molar-refractivity contribution in [2.45, 2.75) is 73.3 Å². The molecule has 0 fully saturated rings. The van der Waals surface area contributed by atoms with Crippen LogP contribution >= 0.6 is 0 Å². The highest BCUT2D eigenvalue weighted by Crippen LogP contribution is 2.17. The predicted octanol–water partition coefficient (Wildman–Crippen LogP) is 6.12. The minimum absolute atomic E-state index is 0.432. The molecule has 2 rings (SSSR count). The normalized spacial score (nSPS) is 14.2. The van der Waals surface area contributed by atoms with Gasteiger partial charge in [0.2, 0.25) is 0 Å². The second-order valence-electron chi connectivity index (χ2n) is 6.66. The molecule has 1 heterocycles. The molecule has 0 saturated carbocycles. The monoisotopic (exact) mass is 359 g/mol. The average molecular weight is 360 g/mol. The summed E-state index contributed by atoms with van der Waals surface area (Å²) >= 11 is 0. The first kappa shape index (κ1) is 22.2. The third-order valence-electron chi connectivity index (χ3n) is 4.48. The van der Waals surface area contributed by atoms with Crippen molar-refractivity contribution in [1.29, 1.82) is 0 Å². The molecule has 0 spiro atoms. The number of hydrogen-bond donors (Lipinski definition) is 0. The van der Waals surface area contributed by atoms with Gasteiger partial charge in [0.25, 0.3) is 0 Å². The number of hydrogen-bond acceptors (Lipinski definition) is 3. The van der Waals surface area contributed by atoms with E-state index >= 15 is 0 Å². The second kappa shape index (κ2) is 12.5. The zero-order valence-electron chi connectivity index (χ0n) is 17.4. The van der Waals surface area contributed by atoms with E-state index in [1.54, 1.807) is 4.80 Å². The molecule has 0 radical (unpaired) electrons. The van der Waals surface area contributed by atoms with Gasteiger partial charge in [-0.2, -0.15) is 15.0 Å². The van der Waals surface area contributed by atoms with E-state index in [2.05, 4.69) is 49.7 Å². The van der Waals surface area contributed by atoms with E-state index in [1.807, 2.05) is 26.0 Å². The molecule has 0 saturated heterocycles. The molecular weight excluding hydrogens is 322 g/mol. The van der Waals surface area contributed by atoms with E-state index < -0.39 is 0 Å². The molecule has 1 aliphatic carbocycles. The summed E-state index contributed by atoms with van der Waals surface area (Å²) < 4.78 is 5.86. The van der Waals surface area contributed by atoms with Crippen molar-refractivity contribution >= 4 is 12.2 Å². The number of rotatable bonds is 10. The summed E-state index contributed by atoms with van der Waals surface area (Å²) in [6, 6.07) is 0. The van der Waals surface area contributed by atoms with Gasteiger partial charge < -0.3 is 4.74 Å². The van der Waals surface area contributed by atoms with Gasteiger partial charge in [-0.1, -0.05) is 72.6 Å². The smallest absolute Gasteiger partial charge is 0.112 e. The predicted molar refractivity (Wildman–Crippen MR) is 112 cm³/mol. The standard InChI is InChI=1S/C20H31N3O.C2H6/c1-5-7-8-18(6-2)15-24-17(4)13-14-23-21-19-11-9-16(3)10-12-20(19)22-23;1-2/h9-12,16,18H,4-8,13-15H2,1-3H3;1-2H3. The first-order chi connectivity index (χ1) is 12.6. The molecule has 146 valence electrons. The van der Waals surface area contributed by atoms with Crippen LogP contribution < -0.4 is 0 Å². The molecule has 1 aromatic rings. The quantitative estimate of drug-likeness (QED) is 0.473. The van der Waals surface area contributed by atoms with Gasteiger partial charge in [0.15, 0.2) is 0 Å². The summed E-state index contributed by atoms with van der Waals surface area (Å²) in [7, 11) is 0. The SMILES string of the molecule is C=C(CCn1nc2c(n1)C=CC(C)C=C2)OCC(CC)CCCC.CC. The Balaban J connectivity index is 0.00000163. The van der Waals surface area contributed by atoms with Crippen molar-refractivity contribution in [3.63, 3.8) is 0 Å². The summed E-state index contributed by atoms with van der Waals surface area (Å²) in [5, 5.41) is 9.08. The Labute approximate surface area is 160 Å². The lowest BCUT2D eigenvalue weighted by atomic mass is 10.0. The van der Waals surface area contributed by atoms with Crippen LogP contribution in [0.2, 0.25) is 0 Å². The lowest BCUT2D eigenvalue weighted by Crippen LogP contribution is -2.10. The summed E-state index contributed by atoms with van der Waals surface area (Å²) in [5.74, 6) is 1.90. The zero-order valence-corrected chi connectivity index (χ0v) is 17.4. The topological polar surface area (TPSA) is 39.9 Å². The fourth-order valence-electron chi connectivity index (χ4n) is 2.69. The van der Waals surface area contributed by atoms with Crippen LogP contribution in [0.4, 0.5) is 0 Å². The van der Waals surface area contributed by atoms with Crippen molar-refractivity contribution in [3.8, 4) is 0 Å². The summed E-state index contributed by atoms with van der Waals surface area (Å²) in [6.45, 7) is 16.1. The van der Waals surface area contributed by atoms with Crippen LogP contribution in [0, 0.1) is 11.8 Å². The summed E-state index contributed by atoms with van der Waals surface area (Å²) in [4.78, 5) is 1.75. The van der Waals surface area contributed by atoms with E-state index in [1.165, 1.54) is 19.3 Å². The third-order valence-corrected chi connectivity index (χ3v) is 4.48. The van der Waals surface area contributed by atoms with E-state index in [4.69, 9.17) is 4.74 Å². The van der Waals surface area contributed by atoms with Gasteiger partial charge in [0.1, 0.15) is 11.4 Å². The molecule has 1 aliphatic rings. The fraction of sp³-hybridized carbons (Fsp3) is 0.636. The zero-order chi connectivity index (χ0) is 19.4. The first-order valence-electron chi connectivity index (χ1n) is 10.2. The van der Waals surface area contributed by atoms with Crippen molar-refractivity contribution in [2.24, 2.45) is 11.8 Å². The van der Waals surface area contributed by atoms with Crippen molar-refractivity contribution in [3.05, 3.63) is 35.9 Å². The highest BCUT2D eigenvalue weighted by Gasteiger charge is 2.11. The van der Waals surface area contributed by atoms with Crippen LogP contribution in [0.3, 0.4) is 0 Å². The molecule has 0 bridgehead atoms. The molecule has 0 aliphatic heterocycles. The van der Waals surface area contributed by atoms with E-state index in [0.717, 1.165) is 36.6 Å². The Bertz CT molecular complexity index is 555. The van der Waals surface area contributed by atoms with Gasteiger partial charge in [-0.05, 0) is 30.4 Å². The van der Waals surface area contributed by atoms with E-state index in [9.17, 15) is 0 Å². The Kier molecular flexibility index (Phi) is 10.7. The van der Waals surface area contributed by atoms with Crippen LogP contribution in [0.1, 0.15) is 78.1 Å². The lowest BCUT2D eigenvalue weighted by Gasteiger charge is -2.16. The van der Waals surface area contributed by atoms with Gasteiger partial charge in [-0.15, -0.1) is 0 Å². The molecule has 26 heavy (non-hydrogen) atoms. The number of nitrogens with zero attached hydrogens (tertiary/aromatic N) is 3. The summed E-state index contributed by atoms with van der Waals surface area (Å²) in [6.07, 6.45) is 14.1.